The molecule has 0 amide bonds. The first-order chi connectivity index (χ1) is 31.5. The van der Waals surface area contributed by atoms with Crippen molar-refractivity contribution < 1.29 is 0 Å². The Morgan fingerprint density at radius 1 is 0.338 bits per heavy atom. The molecule has 0 N–H and O–H groups in total. The third-order valence-electron chi connectivity index (χ3n) is 15.5. The topological polar surface area (TPSA) is 3.24 Å². The second-order valence-electron chi connectivity index (χ2n) is 20.1. The van der Waals surface area contributed by atoms with Crippen molar-refractivity contribution in [2.45, 2.75) is 57.8 Å². The molecule has 0 unspecified atom stereocenters. The van der Waals surface area contributed by atoms with Gasteiger partial charge in [0.1, 0.15) is 0 Å². The van der Waals surface area contributed by atoms with E-state index >= 15 is 0 Å². The van der Waals surface area contributed by atoms with E-state index in [0.717, 1.165) is 5.69 Å². The number of rotatable bonds is 5. The molecule has 1 nitrogen and oxygen atoms in total. The largest absolute Gasteiger partial charge is 0.309 e. The van der Waals surface area contributed by atoms with Gasteiger partial charge < -0.3 is 4.90 Å². The molecule has 3 aliphatic carbocycles. The van der Waals surface area contributed by atoms with Crippen LogP contribution in [-0.2, 0) is 16.2 Å². The predicted octanol–water partition coefficient (Wildman–Crippen LogP) is 17.8. The molecular formula is C63H49NS. The number of hydrogen-bond donors (Lipinski definition) is 0. The Morgan fingerprint density at radius 2 is 0.862 bits per heavy atom. The molecule has 0 fully saturated rings. The van der Waals surface area contributed by atoms with E-state index in [-0.39, 0.29) is 16.2 Å². The van der Waals surface area contributed by atoms with E-state index in [1.807, 2.05) is 11.3 Å². The van der Waals surface area contributed by atoms with E-state index in [0.29, 0.717) is 0 Å². The van der Waals surface area contributed by atoms with E-state index < -0.39 is 0 Å². The lowest BCUT2D eigenvalue weighted by molar-refractivity contribution is 0.639. The van der Waals surface area contributed by atoms with Gasteiger partial charge in [-0.3, -0.25) is 0 Å². The maximum absolute atomic E-state index is 2.63. The molecular weight excluding hydrogens is 803 g/mol. The highest BCUT2D eigenvalue weighted by Crippen LogP contribution is 2.63. The summed E-state index contributed by atoms with van der Waals surface area (Å²) in [5.41, 5.74) is 24.3. The Hall–Kier alpha value is -7.00. The van der Waals surface area contributed by atoms with Gasteiger partial charge in [-0.2, -0.15) is 0 Å². The monoisotopic (exact) mass is 851 g/mol. The SMILES string of the molecule is CC1(C)c2ccccc2-c2ccc(N(c3ccc(-c4cccc5c4sc4ccccc45)cc3)c3c4c(cc5c3-c3ccc(-c6ccccc6)cc3C5(C)C)C(C)(C)c3ccccc3-4)cc21. The van der Waals surface area contributed by atoms with E-state index in [4.69, 9.17) is 0 Å². The highest BCUT2D eigenvalue weighted by molar-refractivity contribution is 7.26. The molecule has 13 rings (SSSR count). The first kappa shape index (κ1) is 38.5. The van der Waals surface area contributed by atoms with Gasteiger partial charge in [-0.1, -0.05) is 193 Å². The molecule has 0 saturated carbocycles. The van der Waals surface area contributed by atoms with Crippen molar-refractivity contribution >= 4 is 48.6 Å². The van der Waals surface area contributed by atoms with Gasteiger partial charge in [0.25, 0.3) is 0 Å². The van der Waals surface area contributed by atoms with Crippen LogP contribution in [0.5, 0.6) is 0 Å². The number of fused-ring (bicyclic) bond motifs is 12. The zero-order valence-corrected chi connectivity index (χ0v) is 38.6. The summed E-state index contributed by atoms with van der Waals surface area (Å²) < 4.78 is 2.67. The van der Waals surface area contributed by atoms with E-state index in [2.05, 4.69) is 234 Å². The van der Waals surface area contributed by atoms with Gasteiger partial charge >= 0.3 is 0 Å². The van der Waals surface area contributed by atoms with Crippen LogP contribution >= 0.6 is 11.3 Å². The maximum atomic E-state index is 2.63. The van der Waals surface area contributed by atoms with Gasteiger partial charge in [0, 0.05) is 58.9 Å². The van der Waals surface area contributed by atoms with E-state index in [1.54, 1.807) is 0 Å². The average molecular weight is 852 g/mol. The number of thiophene rings is 1. The lowest BCUT2D eigenvalue weighted by Gasteiger charge is -2.33. The maximum Gasteiger partial charge on any atom is 0.0624 e. The first-order valence-corrected chi connectivity index (χ1v) is 23.9. The molecule has 0 spiro atoms. The molecule has 0 bridgehead atoms. The molecule has 2 heteroatoms. The van der Waals surface area contributed by atoms with Gasteiger partial charge in [0.05, 0.1) is 5.69 Å². The zero-order valence-electron chi connectivity index (χ0n) is 37.8. The Labute approximate surface area is 386 Å². The van der Waals surface area contributed by atoms with Crippen LogP contribution in [0.25, 0.3) is 75.8 Å². The van der Waals surface area contributed by atoms with Gasteiger partial charge in [-0.05, 0) is 114 Å². The summed E-state index contributed by atoms with van der Waals surface area (Å²) in [6, 6.07) is 71.3. The van der Waals surface area contributed by atoms with Crippen LogP contribution in [0.4, 0.5) is 17.1 Å². The molecule has 65 heavy (non-hydrogen) atoms. The normalized spacial score (nSPS) is 15.3. The minimum absolute atomic E-state index is 0.155. The fourth-order valence-corrected chi connectivity index (χ4v) is 13.3. The fourth-order valence-electron chi connectivity index (χ4n) is 12.1. The Morgan fingerprint density at radius 3 is 1.63 bits per heavy atom. The number of benzene rings is 9. The molecule has 3 aliphatic rings. The second kappa shape index (κ2) is 13.5. The Kier molecular flexibility index (Phi) is 8.00. The minimum atomic E-state index is -0.246. The summed E-state index contributed by atoms with van der Waals surface area (Å²) >= 11 is 1.90. The average Bonchev–Trinajstić information content (AvgIpc) is 3.98. The Balaban J connectivity index is 1.10. The van der Waals surface area contributed by atoms with Gasteiger partial charge in [0.15, 0.2) is 0 Å². The van der Waals surface area contributed by atoms with Gasteiger partial charge in [0.2, 0.25) is 0 Å². The third kappa shape index (κ3) is 5.32. The van der Waals surface area contributed by atoms with Crippen LogP contribution in [0.3, 0.4) is 0 Å². The Bertz CT molecular complexity index is 3620. The van der Waals surface area contributed by atoms with Crippen molar-refractivity contribution in [2.75, 3.05) is 4.90 Å². The standard InChI is InChI=1S/C63H49NS/c1-61(2)50-24-13-10-19-44(50)45-34-32-42(36-53(45)61)64(41-30-27-39(28-31-41)43-22-16-23-47-46-20-12-15-26-56(46)65-60(43)47)59-57-48-21-11-14-25-51(48)62(3,4)54(57)37-55-58(59)49-33-29-40(35-52(49)63(55,5)6)38-17-8-7-9-18-38/h7-37H,1-6H3. The van der Waals surface area contributed by atoms with Crippen molar-refractivity contribution in [1.82, 2.24) is 0 Å². The lowest BCUT2D eigenvalue weighted by Crippen LogP contribution is -2.21. The summed E-state index contributed by atoms with van der Waals surface area (Å²) in [6.45, 7) is 14.5. The van der Waals surface area contributed by atoms with Crippen LogP contribution in [0.1, 0.15) is 74.9 Å². The van der Waals surface area contributed by atoms with Crippen molar-refractivity contribution in [3.63, 3.8) is 0 Å². The summed E-state index contributed by atoms with van der Waals surface area (Å²) in [5, 5.41) is 2.65. The third-order valence-corrected chi connectivity index (χ3v) is 16.7. The molecule has 0 saturated heterocycles. The van der Waals surface area contributed by atoms with Crippen LogP contribution < -0.4 is 4.90 Å². The molecule has 312 valence electrons. The molecule has 10 aromatic rings. The zero-order chi connectivity index (χ0) is 44.0. The van der Waals surface area contributed by atoms with Crippen molar-refractivity contribution in [2.24, 2.45) is 0 Å². The number of anilines is 3. The van der Waals surface area contributed by atoms with Crippen LogP contribution in [-0.4, -0.2) is 0 Å². The lowest BCUT2D eigenvalue weighted by atomic mass is 9.77. The van der Waals surface area contributed by atoms with Crippen molar-refractivity contribution in [3.8, 4) is 55.6 Å². The summed E-state index contributed by atoms with van der Waals surface area (Å²) in [5.74, 6) is 0. The molecule has 9 aromatic carbocycles. The first-order valence-electron chi connectivity index (χ1n) is 23.1. The van der Waals surface area contributed by atoms with Crippen LogP contribution in [0.2, 0.25) is 0 Å². The fraction of sp³-hybridized carbons (Fsp3) is 0.143. The van der Waals surface area contributed by atoms with E-state index in [1.165, 1.54) is 121 Å². The highest BCUT2D eigenvalue weighted by atomic mass is 32.1. The number of nitrogens with zero attached hydrogens (tertiary/aromatic N) is 1. The molecule has 0 aliphatic heterocycles. The summed E-state index contributed by atoms with van der Waals surface area (Å²) in [7, 11) is 0. The molecule has 0 atom stereocenters. The predicted molar refractivity (Wildman–Crippen MR) is 278 cm³/mol. The smallest absolute Gasteiger partial charge is 0.0624 e. The highest BCUT2D eigenvalue weighted by Gasteiger charge is 2.46. The number of hydrogen-bond acceptors (Lipinski definition) is 2. The van der Waals surface area contributed by atoms with Gasteiger partial charge in [-0.25, -0.2) is 0 Å². The minimum Gasteiger partial charge on any atom is -0.309 e. The summed E-state index contributed by atoms with van der Waals surface area (Å²) in [6.07, 6.45) is 0. The van der Waals surface area contributed by atoms with Crippen molar-refractivity contribution in [1.29, 1.82) is 0 Å². The molecule has 1 heterocycles. The van der Waals surface area contributed by atoms with E-state index in [9.17, 15) is 0 Å². The van der Waals surface area contributed by atoms with Crippen LogP contribution in [0.15, 0.2) is 188 Å². The van der Waals surface area contributed by atoms with Gasteiger partial charge in [-0.15, -0.1) is 11.3 Å². The van der Waals surface area contributed by atoms with Crippen LogP contribution in [0, 0.1) is 0 Å². The quantitative estimate of drug-likeness (QED) is 0.167. The van der Waals surface area contributed by atoms with Crippen molar-refractivity contribution in [3.05, 3.63) is 221 Å². The molecule has 0 radical (unpaired) electrons. The second-order valence-corrected chi connectivity index (χ2v) is 21.1. The molecule has 1 aromatic heterocycles. The summed E-state index contributed by atoms with van der Waals surface area (Å²) in [4.78, 5) is 2.63.